The van der Waals surface area contributed by atoms with Gasteiger partial charge >= 0.3 is 17.8 Å². The summed E-state index contributed by atoms with van der Waals surface area (Å²) < 4.78 is 10.6. The van der Waals surface area contributed by atoms with E-state index >= 15 is 0 Å². The highest BCUT2D eigenvalue weighted by Gasteiger charge is 2.47. The van der Waals surface area contributed by atoms with E-state index in [1.807, 2.05) is 0 Å². The van der Waals surface area contributed by atoms with Gasteiger partial charge in [0.2, 0.25) is 5.91 Å². The van der Waals surface area contributed by atoms with Crippen LogP contribution in [0.1, 0.15) is 12.7 Å². The van der Waals surface area contributed by atoms with Gasteiger partial charge in [0, 0.05) is 7.05 Å². The normalized spacial score (nSPS) is 14.0. The smallest absolute Gasteiger partial charge is 0.339 e. The molecule has 0 bridgehead atoms. The Morgan fingerprint density at radius 3 is 2.54 bits per heavy atom. The highest BCUT2D eigenvalue weighted by Crippen LogP contribution is 2.31. The van der Waals surface area contributed by atoms with Gasteiger partial charge in [0.05, 0.1) is 25.1 Å². The zero-order chi connectivity index (χ0) is 20.3. The van der Waals surface area contributed by atoms with E-state index in [4.69, 9.17) is 9.15 Å². The van der Waals surface area contributed by atoms with Crippen molar-refractivity contribution in [2.24, 2.45) is 0 Å². The first-order chi connectivity index (χ1) is 13.4. The molecule has 5 amide bonds. The first kappa shape index (κ1) is 19.2. The van der Waals surface area contributed by atoms with Crippen molar-refractivity contribution in [3.63, 3.8) is 0 Å². The number of amides is 5. The molecule has 0 spiro atoms. The van der Waals surface area contributed by atoms with E-state index < -0.39 is 30.3 Å². The molecule has 1 fully saturated rings. The Bertz CT molecular complexity index is 908. The van der Waals surface area contributed by atoms with E-state index in [1.54, 1.807) is 37.3 Å². The molecular weight excluding hydrogens is 366 g/mol. The van der Waals surface area contributed by atoms with E-state index in [0.717, 1.165) is 4.90 Å². The van der Waals surface area contributed by atoms with Gasteiger partial charge in [-0.1, -0.05) is 12.1 Å². The summed E-state index contributed by atoms with van der Waals surface area (Å²) in [7, 11) is 1.51. The lowest BCUT2D eigenvalue weighted by Gasteiger charge is -2.20. The average molecular weight is 385 g/mol. The van der Waals surface area contributed by atoms with Crippen molar-refractivity contribution in [1.82, 2.24) is 9.80 Å². The van der Waals surface area contributed by atoms with Gasteiger partial charge in [-0.25, -0.2) is 14.6 Å². The number of anilines is 1. The molecule has 9 heteroatoms. The van der Waals surface area contributed by atoms with Crippen LogP contribution in [0.15, 0.2) is 47.1 Å². The predicted octanol–water partition coefficient (Wildman–Crippen LogP) is 1.63. The number of carbonyl (C=O) groups excluding carboxylic acids is 4. The fourth-order valence-electron chi connectivity index (χ4n) is 2.76. The number of likely N-dealkylation sites (N-methyl/N-ethyl adjacent to an activating group) is 1. The summed E-state index contributed by atoms with van der Waals surface area (Å²) >= 11 is 0. The van der Waals surface area contributed by atoms with Crippen molar-refractivity contribution in [3.05, 3.63) is 48.4 Å². The summed E-state index contributed by atoms with van der Waals surface area (Å²) in [5.74, 6) is -1.75. The van der Waals surface area contributed by atoms with Gasteiger partial charge in [-0.15, -0.1) is 0 Å². The van der Waals surface area contributed by atoms with Crippen molar-refractivity contribution in [2.45, 2.75) is 13.5 Å². The van der Waals surface area contributed by atoms with Gasteiger partial charge in [0.1, 0.15) is 18.1 Å². The second-order valence-corrected chi connectivity index (χ2v) is 6.04. The number of urea groups is 1. The van der Waals surface area contributed by atoms with Gasteiger partial charge in [0.25, 0.3) is 0 Å². The number of hydrogen-bond acceptors (Lipinski definition) is 6. The van der Waals surface area contributed by atoms with Crippen LogP contribution in [0.3, 0.4) is 0 Å². The number of carbonyl (C=O) groups is 4. The van der Waals surface area contributed by atoms with Crippen LogP contribution in [0.4, 0.5) is 10.5 Å². The van der Waals surface area contributed by atoms with Crippen LogP contribution in [-0.2, 0) is 20.9 Å². The highest BCUT2D eigenvalue weighted by atomic mass is 16.5. The van der Waals surface area contributed by atoms with Crippen molar-refractivity contribution in [2.75, 3.05) is 25.1 Å². The summed E-state index contributed by atoms with van der Waals surface area (Å²) in [4.78, 5) is 52.5. The lowest BCUT2D eigenvalue weighted by Crippen LogP contribution is -2.42. The number of hydrogen-bond donors (Lipinski definition) is 0. The average Bonchev–Trinajstić information content (AvgIpc) is 3.26. The minimum Gasteiger partial charge on any atom is -0.492 e. The van der Waals surface area contributed by atoms with E-state index in [0.29, 0.717) is 23.0 Å². The van der Waals surface area contributed by atoms with Crippen LogP contribution in [0.5, 0.6) is 5.75 Å². The molecule has 1 aromatic heterocycles. The molecule has 0 radical (unpaired) electrons. The maximum absolute atomic E-state index is 12.7. The number of para-hydroxylation sites is 2. The van der Waals surface area contributed by atoms with Gasteiger partial charge in [-0.3, -0.25) is 14.4 Å². The molecule has 1 saturated heterocycles. The molecule has 9 nitrogen and oxygen atoms in total. The Kier molecular flexibility index (Phi) is 5.44. The number of ether oxygens (including phenoxy) is 1. The fraction of sp³-hybridized carbons (Fsp3) is 0.263. The molecule has 1 aliphatic heterocycles. The van der Waals surface area contributed by atoms with Gasteiger partial charge in [0.15, 0.2) is 0 Å². The predicted molar refractivity (Wildman–Crippen MR) is 97.4 cm³/mol. The maximum Gasteiger partial charge on any atom is 0.339 e. The van der Waals surface area contributed by atoms with Crippen LogP contribution in [0, 0.1) is 0 Å². The molecule has 3 rings (SSSR count). The topological polar surface area (TPSA) is 100 Å². The first-order valence-corrected chi connectivity index (χ1v) is 8.62. The minimum absolute atomic E-state index is 0.159. The first-order valence-electron chi connectivity index (χ1n) is 8.62. The van der Waals surface area contributed by atoms with E-state index in [-0.39, 0.29) is 12.2 Å². The Labute approximate surface area is 161 Å². The van der Waals surface area contributed by atoms with Crippen LogP contribution >= 0.6 is 0 Å². The third-order valence-corrected chi connectivity index (χ3v) is 4.15. The SMILES string of the molecule is CCOc1ccccc1N1C(=O)C(=O)N(CC(=O)N(C)Cc2ccco2)C1=O. The molecule has 1 aromatic carbocycles. The summed E-state index contributed by atoms with van der Waals surface area (Å²) in [6, 6.07) is 8.90. The Hall–Kier alpha value is -3.62. The second kappa shape index (κ2) is 7.95. The molecule has 0 saturated carbocycles. The van der Waals surface area contributed by atoms with Gasteiger partial charge in [-0.2, -0.15) is 0 Å². The number of rotatable bonds is 7. The fourth-order valence-corrected chi connectivity index (χ4v) is 2.76. The molecule has 28 heavy (non-hydrogen) atoms. The summed E-state index contributed by atoms with van der Waals surface area (Å²) in [5, 5.41) is 0. The monoisotopic (exact) mass is 385 g/mol. The van der Waals surface area contributed by atoms with Crippen LogP contribution < -0.4 is 9.64 Å². The Morgan fingerprint density at radius 1 is 1.11 bits per heavy atom. The van der Waals surface area contributed by atoms with Gasteiger partial charge in [-0.05, 0) is 31.2 Å². The molecule has 1 aliphatic rings. The van der Waals surface area contributed by atoms with Crippen LogP contribution in [-0.4, -0.2) is 53.8 Å². The zero-order valence-electron chi connectivity index (χ0n) is 15.5. The standard InChI is InChI=1S/C19H19N3O6/c1-3-27-15-9-5-4-8-14(15)22-18(25)17(24)21(19(22)26)12-16(23)20(2)11-13-7-6-10-28-13/h4-10H,3,11-12H2,1-2H3. The molecule has 2 heterocycles. The number of imide groups is 2. The number of benzene rings is 1. The van der Waals surface area contributed by atoms with Crippen molar-refractivity contribution >= 4 is 29.4 Å². The molecular formula is C19H19N3O6. The quantitative estimate of drug-likeness (QED) is 0.530. The number of nitrogens with zero attached hydrogens (tertiary/aromatic N) is 3. The lowest BCUT2D eigenvalue weighted by molar-refractivity contribution is -0.142. The Balaban J connectivity index is 1.77. The zero-order valence-corrected chi connectivity index (χ0v) is 15.5. The third kappa shape index (κ3) is 3.59. The molecule has 146 valence electrons. The molecule has 2 aromatic rings. The maximum atomic E-state index is 12.7. The number of furan rings is 1. The van der Waals surface area contributed by atoms with E-state index in [1.165, 1.54) is 24.3 Å². The molecule has 0 unspecified atom stereocenters. The van der Waals surface area contributed by atoms with Crippen LogP contribution in [0.25, 0.3) is 0 Å². The lowest BCUT2D eigenvalue weighted by atomic mass is 10.2. The van der Waals surface area contributed by atoms with E-state index in [2.05, 4.69) is 0 Å². The van der Waals surface area contributed by atoms with Gasteiger partial charge < -0.3 is 14.1 Å². The molecule has 0 atom stereocenters. The summed E-state index contributed by atoms with van der Waals surface area (Å²) in [6.45, 7) is 1.71. The highest BCUT2D eigenvalue weighted by molar-refractivity contribution is 6.53. The van der Waals surface area contributed by atoms with Crippen molar-refractivity contribution in [3.8, 4) is 5.75 Å². The van der Waals surface area contributed by atoms with E-state index in [9.17, 15) is 19.2 Å². The summed E-state index contributed by atoms with van der Waals surface area (Å²) in [5.41, 5.74) is 0.159. The summed E-state index contributed by atoms with van der Waals surface area (Å²) in [6.07, 6.45) is 1.48. The largest absolute Gasteiger partial charge is 0.492 e. The Morgan fingerprint density at radius 2 is 1.86 bits per heavy atom. The molecule has 0 N–H and O–H groups in total. The minimum atomic E-state index is -1.06. The second-order valence-electron chi connectivity index (χ2n) is 6.04. The van der Waals surface area contributed by atoms with Crippen molar-refractivity contribution in [1.29, 1.82) is 0 Å². The molecule has 0 aliphatic carbocycles. The van der Waals surface area contributed by atoms with Crippen molar-refractivity contribution < 1.29 is 28.3 Å². The third-order valence-electron chi connectivity index (χ3n) is 4.15. The van der Waals surface area contributed by atoms with Crippen LogP contribution in [0.2, 0.25) is 0 Å².